The maximum Gasteiger partial charge on any atom is 0.326 e. The predicted molar refractivity (Wildman–Crippen MR) is 127 cm³/mol. The number of carbonyl (C=O) groups is 4. The zero-order valence-electron chi connectivity index (χ0n) is 19.4. The number of nitrogens with one attached hydrogen (secondary N) is 5. The van der Waals surface area contributed by atoms with Crippen molar-refractivity contribution >= 4 is 29.7 Å². The van der Waals surface area contributed by atoms with Crippen molar-refractivity contribution in [2.45, 2.75) is 43.8 Å². The number of hydrogen-bond donors (Lipinski definition) is 9. The number of carbonyl (C=O) groups excluding carboxylic acids is 3. The van der Waals surface area contributed by atoms with Crippen LogP contribution in [0.25, 0.3) is 0 Å². The molecule has 0 radical (unpaired) electrons. The topological polar surface area (TPSA) is 272 Å². The van der Waals surface area contributed by atoms with Gasteiger partial charge in [0.15, 0.2) is 5.96 Å². The summed E-state index contributed by atoms with van der Waals surface area (Å²) in [4.78, 5) is 66.3. The molecule has 36 heavy (non-hydrogen) atoms. The predicted octanol–water partition coefficient (Wildman–Crippen LogP) is -3.53. The Morgan fingerprint density at radius 1 is 0.972 bits per heavy atom. The van der Waals surface area contributed by atoms with Crippen LogP contribution in [0.5, 0.6) is 0 Å². The maximum absolute atomic E-state index is 12.9. The molecule has 2 aromatic rings. The number of hydrogen-bond acceptors (Lipinski definition) is 8. The van der Waals surface area contributed by atoms with Crippen molar-refractivity contribution in [2.24, 2.45) is 22.2 Å². The number of nitrogens with zero attached hydrogens (tertiary/aromatic N) is 3. The third-order valence-corrected chi connectivity index (χ3v) is 4.95. The van der Waals surface area contributed by atoms with Crippen LogP contribution in [0.3, 0.4) is 0 Å². The summed E-state index contributed by atoms with van der Waals surface area (Å²) in [6, 6.07) is -3.29. The van der Waals surface area contributed by atoms with Gasteiger partial charge in [-0.25, -0.2) is 14.8 Å². The van der Waals surface area contributed by atoms with E-state index in [1.807, 2.05) is 0 Å². The molecule has 0 saturated carbocycles. The number of rotatable bonds is 15. The van der Waals surface area contributed by atoms with Gasteiger partial charge in [0, 0.05) is 43.2 Å². The van der Waals surface area contributed by atoms with E-state index in [2.05, 4.69) is 40.9 Å². The van der Waals surface area contributed by atoms with Crippen molar-refractivity contribution in [2.75, 3.05) is 13.1 Å². The number of nitrogens with two attached hydrogens (primary N) is 3. The number of imidazole rings is 2. The third-order valence-electron chi connectivity index (χ3n) is 4.95. The monoisotopic (exact) mass is 505 g/mol. The summed E-state index contributed by atoms with van der Waals surface area (Å²) in [6.07, 6.45) is 6.43. The van der Waals surface area contributed by atoms with Crippen molar-refractivity contribution in [3.8, 4) is 0 Å². The molecule has 0 aliphatic heterocycles. The highest BCUT2D eigenvalue weighted by atomic mass is 16.4. The van der Waals surface area contributed by atoms with Crippen LogP contribution in [0.15, 0.2) is 30.0 Å². The fourth-order valence-corrected chi connectivity index (χ4v) is 3.11. The Morgan fingerprint density at radius 3 is 2.11 bits per heavy atom. The smallest absolute Gasteiger partial charge is 0.326 e. The molecule has 0 unspecified atom stereocenters. The summed E-state index contributed by atoms with van der Waals surface area (Å²) in [6.45, 7) is -0.129. The van der Waals surface area contributed by atoms with Gasteiger partial charge in [-0.05, 0) is 12.8 Å². The SMILES string of the molecule is NC(N)=NCCC[C@H](N)C(=O)NCC(=O)N[C@@H](Cc1cnc[nH]1)C(=O)N[C@@H](Cc1cnc[nH]1)C(=O)O. The molecule has 2 heterocycles. The number of aliphatic imine (C=N–C) groups is 1. The van der Waals surface area contributed by atoms with Gasteiger partial charge in [0.2, 0.25) is 17.7 Å². The number of aliphatic carboxylic acids is 1. The van der Waals surface area contributed by atoms with Crippen molar-refractivity contribution in [1.29, 1.82) is 0 Å². The first kappa shape index (κ1) is 27.8. The van der Waals surface area contributed by atoms with Crippen molar-refractivity contribution < 1.29 is 24.3 Å². The van der Waals surface area contributed by atoms with Gasteiger partial charge in [0.05, 0.1) is 25.2 Å². The second-order valence-electron chi connectivity index (χ2n) is 7.85. The summed E-state index contributed by atoms with van der Waals surface area (Å²) in [5, 5.41) is 16.8. The molecule has 3 amide bonds. The van der Waals surface area contributed by atoms with E-state index in [4.69, 9.17) is 17.2 Å². The maximum atomic E-state index is 12.9. The van der Waals surface area contributed by atoms with Crippen LogP contribution in [-0.4, -0.2) is 85.9 Å². The Morgan fingerprint density at radius 2 is 1.58 bits per heavy atom. The van der Waals surface area contributed by atoms with E-state index in [9.17, 15) is 24.3 Å². The van der Waals surface area contributed by atoms with E-state index in [1.165, 1.54) is 25.0 Å². The number of carboxylic acid groups (broad SMARTS) is 1. The molecule has 0 saturated heterocycles. The molecular formula is C20H31N11O5. The summed E-state index contributed by atoms with van der Waals surface area (Å²) < 4.78 is 0. The van der Waals surface area contributed by atoms with Crippen LogP contribution >= 0.6 is 0 Å². The first-order valence-corrected chi connectivity index (χ1v) is 11.0. The number of H-pyrrole nitrogens is 2. The lowest BCUT2D eigenvalue weighted by molar-refractivity contribution is -0.142. The van der Waals surface area contributed by atoms with Crippen LogP contribution in [0, 0.1) is 0 Å². The highest BCUT2D eigenvalue weighted by Gasteiger charge is 2.28. The molecule has 0 aliphatic carbocycles. The summed E-state index contributed by atoms with van der Waals surface area (Å²) in [5.74, 6) is -3.28. The van der Waals surface area contributed by atoms with Gasteiger partial charge in [-0.2, -0.15) is 0 Å². The Kier molecular flexibility index (Phi) is 10.8. The Labute approximate surface area is 205 Å². The first-order valence-electron chi connectivity index (χ1n) is 11.0. The summed E-state index contributed by atoms with van der Waals surface area (Å²) in [5.41, 5.74) is 17.3. The van der Waals surface area contributed by atoms with Crippen LogP contribution in [0.2, 0.25) is 0 Å². The van der Waals surface area contributed by atoms with Crippen molar-refractivity contribution in [1.82, 2.24) is 35.9 Å². The van der Waals surface area contributed by atoms with E-state index in [0.29, 0.717) is 30.8 Å². The quantitative estimate of drug-likeness (QED) is 0.0653. The van der Waals surface area contributed by atoms with Crippen molar-refractivity contribution in [3.05, 3.63) is 36.4 Å². The molecule has 0 bridgehead atoms. The van der Waals surface area contributed by atoms with E-state index in [1.54, 1.807) is 0 Å². The van der Waals surface area contributed by atoms with Crippen LogP contribution in [0.4, 0.5) is 0 Å². The Bertz CT molecular complexity index is 1020. The molecule has 16 heteroatoms. The highest BCUT2D eigenvalue weighted by molar-refractivity contribution is 5.92. The third kappa shape index (κ3) is 9.80. The molecule has 2 rings (SSSR count). The number of aromatic amines is 2. The van der Waals surface area contributed by atoms with Crippen LogP contribution in [-0.2, 0) is 32.0 Å². The minimum atomic E-state index is -1.27. The number of carboxylic acids is 1. The molecule has 196 valence electrons. The number of amides is 3. The number of guanidine groups is 1. The Hall–Kier alpha value is -4.47. The van der Waals surface area contributed by atoms with Gasteiger partial charge in [-0.3, -0.25) is 19.4 Å². The molecule has 2 aromatic heterocycles. The van der Waals surface area contributed by atoms with Crippen molar-refractivity contribution in [3.63, 3.8) is 0 Å². The zero-order valence-corrected chi connectivity index (χ0v) is 19.4. The largest absolute Gasteiger partial charge is 0.480 e. The van der Waals surface area contributed by atoms with E-state index < -0.39 is 48.4 Å². The molecule has 12 N–H and O–H groups in total. The van der Waals surface area contributed by atoms with E-state index in [-0.39, 0.29) is 18.8 Å². The number of aromatic nitrogens is 4. The summed E-state index contributed by atoms with van der Waals surface area (Å²) in [7, 11) is 0. The molecular weight excluding hydrogens is 474 g/mol. The van der Waals surface area contributed by atoms with Gasteiger partial charge in [0.1, 0.15) is 12.1 Å². The summed E-state index contributed by atoms with van der Waals surface area (Å²) >= 11 is 0. The van der Waals surface area contributed by atoms with Gasteiger partial charge < -0.3 is 48.2 Å². The fraction of sp³-hybridized carbons (Fsp3) is 0.450. The average molecular weight is 506 g/mol. The highest BCUT2D eigenvalue weighted by Crippen LogP contribution is 2.03. The second-order valence-corrected chi connectivity index (χ2v) is 7.85. The van der Waals surface area contributed by atoms with Crippen LogP contribution in [0.1, 0.15) is 24.2 Å². The van der Waals surface area contributed by atoms with Gasteiger partial charge in [-0.15, -0.1) is 0 Å². The lowest BCUT2D eigenvalue weighted by Gasteiger charge is -2.21. The molecule has 16 nitrogen and oxygen atoms in total. The van der Waals surface area contributed by atoms with E-state index >= 15 is 0 Å². The lowest BCUT2D eigenvalue weighted by atomic mass is 10.1. The average Bonchev–Trinajstić information content (AvgIpc) is 3.53. The Balaban J connectivity index is 1.93. The molecule has 0 spiro atoms. The minimum absolute atomic E-state index is 0.00617. The molecule has 0 aromatic carbocycles. The second kappa shape index (κ2) is 14.1. The fourth-order valence-electron chi connectivity index (χ4n) is 3.11. The minimum Gasteiger partial charge on any atom is -0.480 e. The normalized spacial score (nSPS) is 13.1. The standard InChI is InChI=1S/C20H31N11O5/c21-13(2-1-3-26-20(22)23)17(33)27-8-16(32)30-14(4-11-6-24-9-28-11)18(34)31-15(19(35)36)5-12-7-25-10-29-12/h6-7,9-10,13-15H,1-5,8,21H2,(H,24,28)(H,25,29)(H,27,33)(H,30,32)(H,31,34)(H,35,36)(H4,22,23,26)/t13-,14-,15-/m0/s1. The van der Waals surface area contributed by atoms with Gasteiger partial charge >= 0.3 is 5.97 Å². The molecule has 3 atom stereocenters. The van der Waals surface area contributed by atoms with Gasteiger partial charge in [0.25, 0.3) is 0 Å². The lowest BCUT2D eigenvalue weighted by Crippen LogP contribution is -2.55. The molecule has 0 fully saturated rings. The first-order chi connectivity index (χ1) is 17.2. The van der Waals surface area contributed by atoms with Crippen LogP contribution < -0.4 is 33.2 Å². The van der Waals surface area contributed by atoms with Gasteiger partial charge in [-0.1, -0.05) is 0 Å². The zero-order chi connectivity index (χ0) is 26.5. The van der Waals surface area contributed by atoms with E-state index in [0.717, 1.165) is 0 Å². The molecule has 0 aliphatic rings.